The molecule has 3 rings (SSSR count). The zero-order chi connectivity index (χ0) is 14.0. The normalized spacial score (nSPS) is 30.9. The van der Waals surface area contributed by atoms with E-state index in [4.69, 9.17) is 0 Å². The van der Waals surface area contributed by atoms with E-state index in [2.05, 4.69) is 22.0 Å². The predicted octanol–water partition coefficient (Wildman–Crippen LogP) is 1.32. The van der Waals surface area contributed by atoms with Crippen molar-refractivity contribution in [3.05, 3.63) is 0 Å². The molecular weight excluding hydrogens is 250 g/mol. The van der Waals surface area contributed by atoms with E-state index in [0.29, 0.717) is 11.3 Å². The van der Waals surface area contributed by atoms with Crippen molar-refractivity contribution in [1.29, 1.82) is 0 Å². The fourth-order valence-corrected chi connectivity index (χ4v) is 4.02. The van der Waals surface area contributed by atoms with E-state index in [0.717, 1.165) is 39.1 Å². The van der Waals surface area contributed by atoms with Crippen LogP contribution in [0.2, 0.25) is 0 Å². The molecule has 3 aliphatic rings. The lowest BCUT2D eigenvalue weighted by Gasteiger charge is -2.45. The van der Waals surface area contributed by atoms with Crippen LogP contribution in [0.25, 0.3) is 0 Å². The second-order valence-corrected chi connectivity index (χ2v) is 7.31. The zero-order valence-corrected chi connectivity index (χ0v) is 12.9. The number of hydrogen-bond donors (Lipinski definition) is 1. The summed E-state index contributed by atoms with van der Waals surface area (Å²) in [6.45, 7) is 9.52. The van der Waals surface area contributed by atoms with Crippen LogP contribution in [-0.4, -0.2) is 61.5 Å². The highest BCUT2D eigenvalue weighted by Crippen LogP contribution is 2.41. The molecule has 0 bridgehead atoms. The molecule has 0 aromatic carbocycles. The van der Waals surface area contributed by atoms with Gasteiger partial charge in [0.2, 0.25) is 5.91 Å². The number of likely N-dealkylation sites (tertiary alicyclic amines) is 1. The van der Waals surface area contributed by atoms with Gasteiger partial charge in [-0.2, -0.15) is 0 Å². The highest BCUT2D eigenvalue weighted by Gasteiger charge is 2.36. The molecule has 1 amide bonds. The molecule has 20 heavy (non-hydrogen) atoms. The van der Waals surface area contributed by atoms with Crippen LogP contribution in [0.15, 0.2) is 0 Å². The minimum absolute atomic E-state index is 0.255. The Bertz CT molecular complexity index is 348. The summed E-state index contributed by atoms with van der Waals surface area (Å²) < 4.78 is 0. The van der Waals surface area contributed by atoms with Crippen molar-refractivity contribution in [2.24, 2.45) is 11.3 Å². The summed E-state index contributed by atoms with van der Waals surface area (Å²) in [6, 6.07) is 0. The van der Waals surface area contributed by atoms with E-state index in [9.17, 15) is 4.79 Å². The van der Waals surface area contributed by atoms with Crippen molar-refractivity contribution in [3.63, 3.8) is 0 Å². The minimum atomic E-state index is 0.255. The molecule has 2 aliphatic heterocycles. The Morgan fingerprint density at radius 2 is 1.95 bits per heavy atom. The zero-order valence-electron chi connectivity index (χ0n) is 12.9. The molecule has 0 radical (unpaired) electrons. The summed E-state index contributed by atoms with van der Waals surface area (Å²) in [5.41, 5.74) is 0.542. The lowest BCUT2D eigenvalue weighted by Crippen LogP contribution is -2.52. The van der Waals surface area contributed by atoms with Gasteiger partial charge in [-0.3, -0.25) is 4.79 Å². The summed E-state index contributed by atoms with van der Waals surface area (Å²) in [5, 5.41) is 3.32. The molecule has 1 saturated carbocycles. The number of rotatable bonds is 3. The topological polar surface area (TPSA) is 35.6 Å². The summed E-state index contributed by atoms with van der Waals surface area (Å²) in [7, 11) is 0. The molecule has 1 N–H and O–H groups in total. The molecule has 3 fully saturated rings. The summed E-state index contributed by atoms with van der Waals surface area (Å²) in [6.07, 6.45) is 6.43. The molecule has 114 valence electrons. The van der Waals surface area contributed by atoms with Gasteiger partial charge >= 0.3 is 0 Å². The first-order chi connectivity index (χ1) is 9.66. The van der Waals surface area contributed by atoms with Crippen molar-refractivity contribution in [1.82, 2.24) is 15.1 Å². The smallest absolute Gasteiger partial charge is 0.227 e. The first-order valence-electron chi connectivity index (χ1n) is 8.38. The Labute approximate surface area is 122 Å². The number of nitrogens with zero attached hydrogens (tertiary/aromatic N) is 2. The SMILES string of the molecule is CC1(CN2CCCC(C(=O)N3CCNCC3)C2)CCC1. The molecule has 4 nitrogen and oxygen atoms in total. The van der Waals surface area contributed by atoms with Crippen LogP contribution in [0.3, 0.4) is 0 Å². The van der Waals surface area contributed by atoms with Crippen LogP contribution in [0.4, 0.5) is 0 Å². The van der Waals surface area contributed by atoms with Crippen LogP contribution in [-0.2, 0) is 4.79 Å². The second kappa shape index (κ2) is 6.02. The van der Waals surface area contributed by atoms with Crippen LogP contribution in [0.1, 0.15) is 39.0 Å². The number of amides is 1. The van der Waals surface area contributed by atoms with E-state index in [1.54, 1.807) is 0 Å². The van der Waals surface area contributed by atoms with Crippen molar-refractivity contribution in [2.45, 2.75) is 39.0 Å². The Hall–Kier alpha value is -0.610. The van der Waals surface area contributed by atoms with E-state index in [1.807, 2.05) is 0 Å². The Morgan fingerprint density at radius 1 is 1.20 bits per heavy atom. The molecular formula is C16H29N3O. The van der Waals surface area contributed by atoms with E-state index >= 15 is 0 Å². The van der Waals surface area contributed by atoms with Gasteiger partial charge in [-0.05, 0) is 37.6 Å². The molecule has 1 atom stereocenters. The predicted molar refractivity (Wildman–Crippen MR) is 80.6 cm³/mol. The number of carbonyl (C=O) groups excluding carboxylic acids is 1. The third-order valence-corrected chi connectivity index (χ3v) is 5.45. The fraction of sp³-hybridized carbons (Fsp3) is 0.938. The third-order valence-electron chi connectivity index (χ3n) is 5.45. The van der Waals surface area contributed by atoms with Crippen LogP contribution < -0.4 is 5.32 Å². The van der Waals surface area contributed by atoms with Crippen LogP contribution >= 0.6 is 0 Å². The Kier molecular flexibility index (Phi) is 4.32. The van der Waals surface area contributed by atoms with Gasteiger partial charge in [0.15, 0.2) is 0 Å². The first kappa shape index (κ1) is 14.3. The lowest BCUT2D eigenvalue weighted by molar-refractivity contribution is -0.138. The summed E-state index contributed by atoms with van der Waals surface area (Å²) >= 11 is 0. The van der Waals surface area contributed by atoms with Gasteiger partial charge in [0.25, 0.3) is 0 Å². The van der Waals surface area contributed by atoms with Crippen LogP contribution in [0, 0.1) is 11.3 Å². The quantitative estimate of drug-likeness (QED) is 0.846. The van der Waals surface area contributed by atoms with Gasteiger partial charge < -0.3 is 15.1 Å². The molecule has 2 saturated heterocycles. The van der Waals surface area contributed by atoms with E-state index < -0.39 is 0 Å². The molecule has 1 unspecified atom stereocenters. The molecule has 0 aromatic rings. The monoisotopic (exact) mass is 279 g/mol. The van der Waals surface area contributed by atoms with E-state index in [-0.39, 0.29) is 5.92 Å². The highest BCUT2D eigenvalue weighted by atomic mass is 16.2. The van der Waals surface area contributed by atoms with Gasteiger partial charge in [-0.25, -0.2) is 0 Å². The second-order valence-electron chi connectivity index (χ2n) is 7.31. The van der Waals surface area contributed by atoms with E-state index in [1.165, 1.54) is 38.8 Å². The Balaban J connectivity index is 1.52. The van der Waals surface area contributed by atoms with Gasteiger partial charge in [0.1, 0.15) is 0 Å². The maximum atomic E-state index is 12.6. The van der Waals surface area contributed by atoms with Gasteiger partial charge in [0.05, 0.1) is 5.92 Å². The number of piperazine rings is 1. The molecule has 0 aromatic heterocycles. The number of carbonyl (C=O) groups is 1. The summed E-state index contributed by atoms with van der Waals surface area (Å²) in [4.78, 5) is 17.3. The third kappa shape index (κ3) is 3.17. The number of hydrogen-bond acceptors (Lipinski definition) is 3. The maximum Gasteiger partial charge on any atom is 0.227 e. The average Bonchev–Trinajstić information content (AvgIpc) is 2.46. The lowest BCUT2D eigenvalue weighted by atomic mass is 9.70. The molecule has 4 heteroatoms. The van der Waals surface area contributed by atoms with Crippen LogP contribution in [0.5, 0.6) is 0 Å². The average molecular weight is 279 g/mol. The molecule has 1 aliphatic carbocycles. The van der Waals surface area contributed by atoms with Gasteiger partial charge in [-0.1, -0.05) is 13.3 Å². The first-order valence-corrected chi connectivity index (χ1v) is 8.38. The largest absolute Gasteiger partial charge is 0.340 e. The Morgan fingerprint density at radius 3 is 2.60 bits per heavy atom. The van der Waals surface area contributed by atoms with Gasteiger partial charge in [0, 0.05) is 39.3 Å². The highest BCUT2D eigenvalue weighted by molar-refractivity contribution is 5.79. The molecule has 0 spiro atoms. The number of nitrogens with one attached hydrogen (secondary N) is 1. The number of piperidine rings is 1. The summed E-state index contributed by atoms with van der Waals surface area (Å²) in [5.74, 6) is 0.667. The van der Waals surface area contributed by atoms with Crippen molar-refractivity contribution < 1.29 is 4.79 Å². The van der Waals surface area contributed by atoms with Crippen molar-refractivity contribution >= 4 is 5.91 Å². The van der Waals surface area contributed by atoms with Crippen molar-refractivity contribution in [2.75, 3.05) is 45.8 Å². The van der Waals surface area contributed by atoms with Gasteiger partial charge in [-0.15, -0.1) is 0 Å². The standard InChI is InChI=1S/C16H29N3O/c1-16(5-3-6-16)13-18-9-2-4-14(12-18)15(20)19-10-7-17-8-11-19/h14,17H,2-13H2,1H3. The maximum absolute atomic E-state index is 12.6. The van der Waals surface area contributed by atoms with Crippen molar-refractivity contribution in [3.8, 4) is 0 Å². The fourth-order valence-electron chi connectivity index (χ4n) is 4.02. The molecule has 2 heterocycles. The minimum Gasteiger partial charge on any atom is -0.340 e.